The Hall–Kier alpha value is -2.54. The van der Waals surface area contributed by atoms with Crippen LogP contribution in [0.5, 0.6) is 0 Å². The van der Waals surface area contributed by atoms with Crippen LogP contribution in [0.3, 0.4) is 0 Å². The van der Waals surface area contributed by atoms with E-state index < -0.39 is 33.5 Å². The molecule has 8 nitrogen and oxygen atoms in total. The van der Waals surface area contributed by atoms with E-state index in [4.69, 9.17) is 4.42 Å². The second-order valence-electron chi connectivity index (χ2n) is 5.40. The van der Waals surface area contributed by atoms with Crippen molar-refractivity contribution in [1.29, 1.82) is 0 Å². The van der Waals surface area contributed by atoms with Crippen molar-refractivity contribution in [3.05, 3.63) is 41.4 Å². The molecule has 0 aromatic carbocycles. The minimum Gasteiger partial charge on any atom is -0.414 e. The van der Waals surface area contributed by atoms with Crippen LogP contribution in [0.25, 0.3) is 10.8 Å². The van der Waals surface area contributed by atoms with Gasteiger partial charge in [-0.2, -0.15) is 13.2 Å². The van der Waals surface area contributed by atoms with Crippen molar-refractivity contribution in [3.63, 3.8) is 0 Å². The van der Waals surface area contributed by atoms with Crippen LogP contribution in [0.2, 0.25) is 0 Å². The Morgan fingerprint density at radius 3 is 2.63 bits per heavy atom. The Labute approximate surface area is 155 Å². The van der Waals surface area contributed by atoms with Gasteiger partial charge in [-0.05, 0) is 19.1 Å². The quantitative estimate of drug-likeness (QED) is 0.586. The topological polar surface area (TPSA) is 111 Å². The minimum absolute atomic E-state index is 0.0600. The summed E-state index contributed by atoms with van der Waals surface area (Å²) in [4.78, 5) is 7.80. The fourth-order valence-electron chi connectivity index (χ4n) is 1.98. The van der Waals surface area contributed by atoms with Crippen LogP contribution in [0.15, 0.2) is 28.9 Å². The fraction of sp³-hybridized carbons (Fsp3) is 0.286. The van der Waals surface area contributed by atoms with Gasteiger partial charge in [0.25, 0.3) is 11.8 Å². The molecule has 144 valence electrons. The number of nitrogens with zero attached hydrogens (tertiary/aromatic N) is 4. The first-order chi connectivity index (χ1) is 12.7. The van der Waals surface area contributed by atoms with Crippen LogP contribution in [-0.4, -0.2) is 33.8 Å². The van der Waals surface area contributed by atoms with Crippen molar-refractivity contribution in [2.75, 3.05) is 4.72 Å². The molecule has 0 bridgehead atoms. The molecule has 3 aromatic heterocycles. The van der Waals surface area contributed by atoms with Gasteiger partial charge in [0.1, 0.15) is 4.88 Å². The van der Waals surface area contributed by atoms with E-state index in [0.717, 1.165) is 23.6 Å². The lowest BCUT2D eigenvalue weighted by atomic mass is 10.3. The molecule has 0 aliphatic heterocycles. The van der Waals surface area contributed by atoms with Crippen LogP contribution in [-0.2, 0) is 16.4 Å². The highest BCUT2D eigenvalue weighted by molar-refractivity contribution is 7.93. The fourth-order valence-corrected chi connectivity index (χ4v) is 4.08. The number of aromatic nitrogens is 4. The summed E-state index contributed by atoms with van der Waals surface area (Å²) in [5, 5.41) is 6.31. The highest BCUT2D eigenvalue weighted by Crippen LogP contribution is 2.28. The van der Waals surface area contributed by atoms with Crippen molar-refractivity contribution in [2.24, 2.45) is 0 Å². The molecular weight excluding hydrogens is 407 g/mol. The molecule has 0 aliphatic rings. The molecule has 0 aliphatic carbocycles. The monoisotopic (exact) mass is 419 g/mol. The van der Waals surface area contributed by atoms with E-state index in [9.17, 15) is 21.6 Å². The summed E-state index contributed by atoms with van der Waals surface area (Å²) in [7, 11) is -3.78. The molecule has 3 rings (SSSR count). The standard InChI is InChI=1S/C14H12F3N5O3S2/c1-7(27(23,24)22-8-2-3-10(15)18-5-8)4-11-19-6-9(26-11)13-20-21-14(25-13)12(16)17/h2-3,5-7,12,22H,4H2,1H3. The van der Waals surface area contributed by atoms with E-state index in [2.05, 4.69) is 24.9 Å². The number of alkyl halides is 2. The SMILES string of the molecule is CC(Cc1ncc(-c2nnc(C(F)F)o2)s1)S(=O)(=O)Nc1ccc(F)nc1. The van der Waals surface area contributed by atoms with E-state index in [1.54, 1.807) is 0 Å². The van der Waals surface area contributed by atoms with Crippen molar-refractivity contribution in [1.82, 2.24) is 20.2 Å². The van der Waals surface area contributed by atoms with E-state index in [-0.39, 0.29) is 18.0 Å². The lowest BCUT2D eigenvalue weighted by Crippen LogP contribution is -2.27. The van der Waals surface area contributed by atoms with Crippen LogP contribution >= 0.6 is 11.3 Å². The number of pyridine rings is 1. The number of sulfonamides is 1. The Bertz CT molecular complexity index is 1020. The first-order valence-corrected chi connectivity index (χ1v) is 9.80. The van der Waals surface area contributed by atoms with Crippen LogP contribution in [0, 0.1) is 5.95 Å². The van der Waals surface area contributed by atoms with E-state index >= 15 is 0 Å². The molecule has 3 aromatic rings. The zero-order chi connectivity index (χ0) is 19.6. The van der Waals surface area contributed by atoms with Gasteiger partial charge in [-0.1, -0.05) is 0 Å². The summed E-state index contributed by atoms with van der Waals surface area (Å²) in [5.74, 6) is -1.63. The smallest absolute Gasteiger partial charge is 0.314 e. The maximum Gasteiger partial charge on any atom is 0.314 e. The summed E-state index contributed by atoms with van der Waals surface area (Å²) in [5.41, 5.74) is 0.133. The number of anilines is 1. The maximum atomic E-state index is 12.8. The van der Waals surface area contributed by atoms with Crippen molar-refractivity contribution in [2.45, 2.75) is 25.0 Å². The van der Waals surface area contributed by atoms with Gasteiger partial charge in [0.05, 0.1) is 28.3 Å². The molecule has 1 unspecified atom stereocenters. The van der Waals surface area contributed by atoms with Gasteiger partial charge < -0.3 is 4.42 Å². The molecule has 3 heterocycles. The molecule has 13 heteroatoms. The van der Waals surface area contributed by atoms with Crippen LogP contribution in [0.1, 0.15) is 24.2 Å². The largest absolute Gasteiger partial charge is 0.414 e. The first kappa shape index (κ1) is 19.2. The molecule has 0 spiro atoms. The number of thiazole rings is 1. The van der Waals surface area contributed by atoms with Crippen molar-refractivity contribution < 1.29 is 26.0 Å². The molecular formula is C14H12F3N5O3S2. The average Bonchev–Trinajstić information content (AvgIpc) is 3.25. The molecule has 0 saturated heterocycles. The molecule has 0 fully saturated rings. The number of halogens is 3. The Balaban J connectivity index is 1.69. The second-order valence-corrected chi connectivity index (χ2v) is 8.61. The molecule has 1 atom stereocenters. The van der Waals surface area contributed by atoms with Gasteiger partial charge in [-0.3, -0.25) is 4.72 Å². The zero-order valence-electron chi connectivity index (χ0n) is 13.6. The maximum absolute atomic E-state index is 12.8. The van der Waals surface area contributed by atoms with E-state index in [1.807, 2.05) is 0 Å². The van der Waals surface area contributed by atoms with Gasteiger partial charge in [-0.25, -0.2) is 18.4 Å². The first-order valence-electron chi connectivity index (χ1n) is 7.44. The molecule has 0 radical (unpaired) electrons. The number of hydrogen-bond acceptors (Lipinski definition) is 8. The molecule has 0 saturated carbocycles. The molecule has 1 N–H and O–H groups in total. The highest BCUT2D eigenvalue weighted by atomic mass is 32.2. The lowest BCUT2D eigenvalue weighted by molar-refractivity contribution is 0.116. The Morgan fingerprint density at radius 1 is 1.22 bits per heavy atom. The molecule has 0 amide bonds. The minimum atomic E-state index is -3.78. The average molecular weight is 419 g/mol. The van der Waals surface area contributed by atoms with Crippen molar-refractivity contribution >= 4 is 27.0 Å². The third-order valence-corrected chi connectivity index (χ3v) is 6.12. The number of nitrogens with one attached hydrogen (secondary N) is 1. The summed E-state index contributed by atoms with van der Waals surface area (Å²) in [6, 6.07) is 2.29. The summed E-state index contributed by atoms with van der Waals surface area (Å²) >= 11 is 1.06. The predicted molar refractivity (Wildman–Crippen MR) is 90.3 cm³/mol. The van der Waals surface area contributed by atoms with Crippen molar-refractivity contribution in [3.8, 4) is 10.8 Å². The van der Waals surface area contributed by atoms with Crippen LogP contribution in [0.4, 0.5) is 18.9 Å². The Kier molecular flexibility index (Phi) is 5.41. The van der Waals surface area contributed by atoms with Gasteiger partial charge in [0.15, 0.2) is 0 Å². The van der Waals surface area contributed by atoms with Gasteiger partial charge in [-0.15, -0.1) is 21.5 Å². The van der Waals surface area contributed by atoms with E-state index in [1.165, 1.54) is 19.2 Å². The summed E-state index contributed by atoms with van der Waals surface area (Å²) in [6.07, 6.45) is -0.405. The third kappa shape index (κ3) is 4.60. The van der Waals surface area contributed by atoms with Gasteiger partial charge >= 0.3 is 6.43 Å². The highest BCUT2D eigenvalue weighted by Gasteiger charge is 2.24. The summed E-state index contributed by atoms with van der Waals surface area (Å²) < 4.78 is 69.7. The molecule has 27 heavy (non-hydrogen) atoms. The lowest BCUT2D eigenvalue weighted by Gasteiger charge is -2.13. The Morgan fingerprint density at radius 2 is 2.00 bits per heavy atom. The number of rotatable bonds is 7. The predicted octanol–water partition coefficient (Wildman–Crippen LogP) is 3.04. The number of hydrogen-bond donors (Lipinski definition) is 1. The normalized spacial score (nSPS) is 13.1. The zero-order valence-corrected chi connectivity index (χ0v) is 15.3. The van der Waals surface area contributed by atoms with Gasteiger partial charge in [0.2, 0.25) is 16.0 Å². The van der Waals surface area contributed by atoms with E-state index in [0.29, 0.717) is 9.88 Å². The third-order valence-electron chi connectivity index (χ3n) is 3.37. The second kappa shape index (κ2) is 7.60. The summed E-state index contributed by atoms with van der Waals surface area (Å²) in [6.45, 7) is 1.47. The van der Waals surface area contributed by atoms with Gasteiger partial charge in [0, 0.05) is 6.42 Å². The van der Waals surface area contributed by atoms with Crippen LogP contribution < -0.4 is 4.72 Å².